The minimum atomic E-state index is 0.847. The first kappa shape index (κ1) is 13.8. The van der Waals surface area contributed by atoms with E-state index in [4.69, 9.17) is 6.42 Å². The zero-order valence-corrected chi connectivity index (χ0v) is 11.6. The monoisotopic (exact) mass is 259 g/mol. The summed E-state index contributed by atoms with van der Waals surface area (Å²) in [6.07, 6.45) is 5.62. The van der Waals surface area contributed by atoms with Gasteiger partial charge in [0.05, 0.1) is 11.2 Å². The molecule has 20 heavy (non-hydrogen) atoms. The molecule has 1 heterocycles. The summed E-state index contributed by atoms with van der Waals surface area (Å²) < 4.78 is 0. The van der Waals surface area contributed by atoms with E-state index in [0.717, 1.165) is 23.2 Å². The van der Waals surface area contributed by atoms with Crippen molar-refractivity contribution < 1.29 is 0 Å². The van der Waals surface area contributed by atoms with E-state index in [9.17, 15) is 0 Å². The topological polar surface area (TPSA) is 12.9 Å². The predicted octanol–water partition coefficient (Wildman–Crippen LogP) is 4.93. The van der Waals surface area contributed by atoms with Crippen LogP contribution in [0.5, 0.6) is 0 Å². The summed E-state index contributed by atoms with van der Waals surface area (Å²) in [6.45, 7) is 1.94. The average Bonchev–Trinajstić information content (AvgIpc) is 2.55. The molecular formula is C19H17N. The molecule has 0 saturated carbocycles. The van der Waals surface area contributed by atoms with E-state index in [-0.39, 0.29) is 0 Å². The summed E-state index contributed by atoms with van der Waals surface area (Å²) in [5.74, 6) is 2.43. The highest BCUT2D eigenvalue weighted by atomic mass is 14.7. The fraction of sp³-hybridized carbons (Fsp3) is 0.105. The Labute approximate surface area is 120 Å². The number of pyridine rings is 1. The Morgan fingerprint density at radius 3 is 2.25 bits per heavy atom. The number of hydrogen-bond acceptors (Lipinski definition) is 1. The third kappa shape index (κ3) is 3.46. The van der Waals surface area contributed by atoms with Crippen molar-refractivity contribution >= 4 is 10.9 Å². The fourth-order valence-corrected chi connectivity index (χ4v) is 1.84. The van der Waals surface area contributed by atoms with E-state index in [1.54, 1.807) is 0 Å². The van der Waals surface area contributed by atoms with E-state index in [2.05, 4.69) is 41.2 Å². The molecule has 2 aromatic carbocycles. The van der Waals surface area contributed by atoms with Crippen LogP contribution in [0, 0.1) is 12.3 Å². The lowest BCUT2D eigenvalue weighted by molar-refractivity contribution is 1.28. The molecule has 1 nitrogen and oxygen atoms in total. The first-order valence-corrected chi connectivity index (χ1v) is 6.70. The van der Waals surface area contributed by atoms with Gasteiger partial charge >= 0.3 is 0 Å². The number of terminal acetylenes is 1. The molecule has 98 valence electrons. The number of benzene rings is 2. The molecule has 0 fully saturated rings. The van der Waals surface area contributed by atoms with E-state index >= 15 is 0 Å². The second-order valence-corrected chi connectivity index (χ2v) is 4.31. The smallest absolute Gasteiger partial charge is 0.0709 e. The summed E-state index contributed by atoms with van der Waals surface area (Å²) in [4.78, 5) is 4.65. The normalized spacial score (nSPS) is 9.40. The number of hydrogen-bond donors (Lipinski definition) is 0. The van der Waals surface area contributed by atoms with E-state index < -0.39 is 0 Å². The Hall–Kier alpha value is -2.59. The quantitative estimate of drug-likeness (QED) is 0.564. The molecule has 0 N–H and O–H groups in total. The molecule has 3 aromatic rings. The Balaban J connectivity index is 0.000000328. The summed E-state index contributed by atoms with van der Waals surface area (Å²) in [6, 6.07) is 22.6. The van der Waals surface area contributed by atoms with Crippen molar-refractivity contribution in [3.8, 4) is 23.6 Å². The molecule has 1 heteroatoms. The van der Waals surface area contributed by atoms with Gasteiger partial charge in [-0.1, -0.05) is 61.5 Å². The first-order valence-electron chi connectivity index (χ1n) is 6.70. The van der Waals surface area contributed by atoms with Gasteiger partial charge in [0.1, 0.15) is 0 Å². The van der Waals surface area contributed by atoms with Crippen LogP contribution >= 0.6 is 0 Å². The second-order valence-electron chi connectivity index (χ2n) is 4.31. The van der Waals surface area contributed by atoms with Gasteiger partial charge in [0.15, 0.2) is 0 Å². The third-order valence-electron chi connectivity index (χ3n) is 2.87. The van der Waals surface area contributed by atoms with Crippen molar-refractivity contribution in [2.45, 2.75) is 13.3 Å². The highest BCUT2D eigenvalue weighted by Crippen LogP contribution is 2.20. The van der Waals surface area contributed by atoms with Crippen LogP contribution in [0.3, 0.4) is 0 Å². The SMILES string of the molecule is C#CCC.c1ccc(-c2ccc3ccccc3n2)cc1. The summed E-state index contributed by atoms with van der Waals surface area (Å²) >= 11 is 0. The third-order valence-corrected chi connectivity index (χ3v) is 2.87. The summed E-state index contributed by atoms with van der Waals surface area (Å²) in [5, 5.41) is 1.18. The Bertz CT molecular complexity index is 708. The molecule has 3 rings (SSSR count). The van der Waals surface area contributed by atoms with Crippen LogP contribution < -0.4 is 0 Å². The Morgan fingerprint density at radius 1 is 0.900 bits per heavy atom. The van der Waals surface area contributed by atoms with Crippen molar-refractivity contribution in [2.75, 3.05) is 0 Å². The van der Waals surface area contributed by atoms with Gasteiger partial charge < -0.3 is 0 Å². The van der Waals surface area contributed by atoms with E-state index in [1.807, 2.05) is 43.3 Å². The molecule has 0 aliphatic rings. The fourth-order valence-electron chi connectivity index (χ4n) is 1.84. The number of nitrogens with zero attached hydrogens (tertiary/aromatic N) is 1. The maximum Gasteiger partial charge on any atom is 0.0709 e. The second kappa shape index (κ2) is 7.11. The molecule has 0 unspecified atom stereocenters. The van der Waals surface area contributed by atoms with Crippen molar-refractivity contribution in [2.24, 2.45) is 0 Å². The molecule has 0 radical (unpaired) electrons. The van der Waals surface area contributed by atoms with Gasteiger partial charge in [0, 0.05) is 17.4 Å². The van der Waals surface area contributed by atoms with Gasteiger partial charge in [0.25, 0.3) is 0 Å². The van der Waals surface area contributed by atoms with Crippen LogP contribution in [0.2, 0.25) is 0 Å². The maximum atomic E-state index is 4.78. The first-order chi connectivity index (χ1) is 9.85. The number of para-hydroxylation sites is 1. The number of fused-ring (bicyclic) bond motifs is 1. The van der Waals surface area contributed by atoms with Crippen molar-refractivity contribution in [3.63, 3.8) is 0 Å². The minimum Gasteiger partial charge on any atom is -0.248 e. The molecule has 0 amide bonds. The lowest BCUT2D eigenvalue weighted by Crippen LogP contribution is -1.84. The van der Waals surface area contributed by atoms with Gasteiger partial charge in [-0.05, 0) is 12.1 Å². The molecule has 1 aromatic heterocycles. The van der Waals surface area contributed by atoms with Crippen LogP contribution in [0.4, 0.5) is 0 Å². The molecule has 0 aliphatic heterocycles. The highest BCUT2D eigenvalue weighted by Gasteiger charge is 1.99. The molecule has 0 saturated heterocycles. The predicted molar refractivity (Wildman–Crippen MR) is 86.3 cm³/mol. The van der Waals surface area contributed by atoms with Gasteiger partial charge in [-0.3, -0.25) is 0 Å². The van der Waals surface area contributed by atoms with E-state index in [0.29, 0.717) is 0 Å². The zero-order chi connectivity index (χ0) is 14.2. The number of rotatable bonds is 1. The van der Waals surface area contributed by atoms with Gasteiger partial charge in [-0.2, -0.15) is 0 Å². The van der Waals surface area contributed by atoms with Crippen molar-refractivity contribution in [1.29, 1.82) is 0 Å². The molecule has 0 spiro atoms. The number of aromatic nitrogens is 1. The highest BCUT2D eigenvalue weighted by molar-refractivity contribution is 5.81. The lowest BCUT2D eigenvalue weighted by Gasteiger charge is -2.02. The largest absolute Gasteiger partial charge is 0.248 e. The van der Waals surface area contributed by atoms with Gasteiger partial charge in [0.2, 0.25) is 0 Å². The average molecular weight is 259 g/mol. The van der Waals surface area contributed by atoms with Crippen molar-refractivity contribution in [3.05, 3.63) is 66.7 Å². The zero-order valence-electron chi connectivity index (χ0n) is 11.6. The van der Waals surface area contributed by atoms with Gasteiger partial charge in [-0.15, -0.1) is 12.3 Å². The van der Waals surface area contributed by atoms with Gasteiger partial charge in [-0.25, -0.2) is 4.98 Å². The minimum absolute atomic E-state index is 0.847. The van der Waals surface area contributed by atoms with Crippen LogP contribution in [-0.4, -0.2) is 4.98 Å². The van der Waals surface area contributed by atoms with Crippen molar-refractivity contribution in [1.82, 2.24) is 4.98 Å². The standard InChI is InChI=1S/C15H11N.C4H6/c1-2-6-12(7-3-1)15-11-10-13-8-4-5-9-14(13)16-15;1-3-4-2/h1-11H;1H,4H2,2H3. The van der Waals surface area contributed by atoms with Crippen LogP contribution in [0.15, 0.2) is 66.7 Å². The molecule has 0 atom stereocenters. The molecule has 0 bridgehead atoms. The van der Waals surface area contributed by atoms with Crippen LogP contribution in [0.25, 0.3) is 22.2 Å². The lowest BCUT2D eigenvalue weighted by atomic mass is 10.1. The maximum absolute atomic E-state index is 4.78. The van der Waals surface area contributed by atoms with E-state index in [1.165, 1.54) is 5.39 Å². The summed E-state index contributed by atoms with van der Waals surface area (Å²) in [7, 11) is 0. The molecular weight excluding hydrogens is 242 g/mol. The Kier molecular flexibility index (Phi) is 4.92. The Morgan fingerprint density at radius 2 is 1.55 bits per heavy atom. The summed E-state index contributed by atoms with van der Waals surface area (Å²) in [5.41, 5.74) is 3.23. The van der Waals surface area contributed by atoms with Crippen LogP contribution in [0.1, 0.15) is 13.3 Å². The molecule has 0 aliphatic carbocycles. The van der Waals surface area contributed by atoms with Crippen LogP contribution in [-0.2, 0) is 0 Å².